The third kappa shape index (κ3) is 9.40. The molecular formula is C6H11Br3O. The number of rotatable bonds is 2. The smallest absolute Gasteiger partial charge is 0.135 e. The number of hydrogen-bond acceptors (Lipinski definition) is 1. The summed E-state index contributed by atoms with van der Waals surface area (Å²) in [6.45, 7) is 3.59. The van der Waals surface area contributed by atoms with Gasteiger partial charge in [-0.05, 0) is 26.7 Å². The molecular weight excluding hydrogens is 328 g/mol. The van der Waals surface area contributed by atoms with E-state index >= 15 is 0 Å². The molecule has 0 aromatic rings. The van der Waals surface area contributed by atoms with E-state index < -0.39 is 5.60 Å². The summed E-state index contributed by atoms with van der Waals surface area (Å²) in [5, 5.41) is 9.32. The molecule has 1 N–H and O–H groups in total. The maximum atomic E-state index is 9.32. The predicted molar refractivity (Wildman–Crippen MR) is 55.0 cm³/mol. The summed E-state index contributed by atoms with van der Waals surface area (Å²) in [4.78, 5) is 0. The minimum Gasteiger partial charge on any atom is -0.390 e. The Morgan fingerprint density at radius 3 is 1.60 bits per heavy atom. The van der Waals surface area contributed by atoms with Crippen LogP contribution in [0.25, 0.3) is 0 Å². The highest BCUT2D eigenvalue weighted by atomic mass is 80.0. The van der Waals surface area contributed by atoms with Gasteiger partial charge in [0.05, 0.1) is 5.60 Å². The molecule has 0 rings (SSSR count). The molecule has 0 bridgehead atoms. The van der Waals surface area contributed by atoms with Gasteiger partial charge in [-0.15, -0.1) is 0 Å². The molecule has 0 aliphatic rings. The van der Waals surface area contributed by atoms with Crippen molar-refractivity contribution in [2.24, 2.45) is 0 Å². The third-order valence-electron chi connectivity index (χ3n) is 1.02. The maximum absolute atomic E-state index is 9.32. The van der Waals surface area contributed by atoms with Gasteiger partial charge in [-0.1, -0.05) is 47.8 Å². The van der Waals surface area contributed by atoms with E-state index in [1.54, 1.807) is 13.8 Å². The van der Waals surface area contributed by atoms with Gasteiger partial charge in [-0.25, -0.2) is 0 Å². The number of aliphatic hydroxyl groups is 1. The monoisotopic (exact) mass is 336 g/mol. The Kier molecular flexibility index (Phi) is 4.42. The first-order valence-electron chi connectivity index (χ1n) is 3.00. The molecule has 0 aromatic carbocycles. The van der Waals surface area contributed by atoms with Crippen molar-refractivity contribution in [2.45, 2.75) is 34.4 Å². The van der Waals surface area contributed by atoms with Crippen LogP contribution in [0.15, 0.2) is 0 Å². The van der Waals surface area contributed by atoms with E-state index in [-0.39, 0.29) is 2.14 Å². The van der Waals surface area contributed by atoms with Crippen LogP contribution in [0.1, 0.15) is 26.7 Å². The molecule has 0 unspecified atom stereocenters. The lowest BCUT2D eigenvalue weighted by Gasteiger charge is -2.20. The lowest BCUT2D eigenvalue weighted by molar-refractivity contribution is 0.0699. The lowest BCUT2D eigenvalue weighted by Crippen LogP contribution is -2.20. The minimum absolute atomic E-state index is 0.215. The molecule has 0 heterocycles. The van der Waals surface area contributed by atoms with Gasteiger partial charge in [0, 0.05) is 0 Å². The number of alkyl halides is 3. The van der Waals surface area contributed by atoms with Gasteiger partial charge in [-0.3, -0.25) is 0 Å². The fourth-order valence-corrected chi connectivity index (χ4v) is 1.04. The summed E-state index contributed by atoms with van der Waals surface area (Å²) < 4.78 is -0.215. The molecule has 0 spiro atoms. The number of hydrogen-bond donors (Lipinski definition) is 1. The van der Waals surface area contributed by atoms with E-state index in [1.165, 1.54) is 0 Å². The summed E-state index contributed by atoms with van der Waals surface area (Å²) in [6, 6.07) is 0. The zero-order chi connectivity index (χ0) is 8.41. The summed E-state index contributed by atoms with van der Waals surface area (Å²) in [5.41, 5.74) is -0.583. The Hall–Kier alpha value is 1.40. The average molecular weight is 339 g/mol. The molecule has 4 heteroatoms. The van der Waals surface area contributed by atoms with Crippen LogP contribution in [0, 0.1) is 0 Å². The van der Waals surface area contributed by atoms with Crippen LogP contribution in [-0.4, -0.2) is 12.9 Å². The van der Waals surface area contributed by atoms with E-state index in [2.05, 4.69) is 47.8 Å². The molecule has 0 saturated carbocycles. The SMILES string of the molecule is CC(C)(O)CCC(Br)(Br)Br. The van der Waals surface area contributed by atoms with E-state index in [9.17, 15) is 5.11 Å². The normalized spacial score (nSPS) is 13.8. The highest BCUT2D eigenvalue weighted by Gasteiger charge is 2.22. The predicted octanol–water partition coefficient (Wildman–Crippen LogP) is 3.38. The average Bonchev–Trinajstić information content (AvgIpc) is 1.57. The van der Waals surface area contributed by atoms with E-state index in [0.717, 1.165) is 12.8 Å². The van der Waals surface area contributed by atoms with Crippen molar-refractivity contribution in [2.75, 3.05) is 0 Å². The van der Waals surface area contributed by atoms with Gasteiger partial charge < -0.3 is 5.11 Å². The molecule has 0 aliphatic heterocycles. The van der Waals surface area contributed by atoms with Gasteiger partial charge in [0.1, 0.15) is 2.14 Å². The van der Waals surface area contributed by atoms with Crippen molar-refractivity contribution >= 4 is 47.8 Å². The fourth-order valence-electron chi connectivity index (χ4n) is 0.448. The molecule has 10 heavy (non-hydrogen) atoms. The summed E-state index contributed by atoms with van der Waals surface area (Å²) in [5.74, 6) is 0. The van der Waals surface area contributed by atoms with Crippen molar-refractivity contribution in [1.29, 1.82) is 0 Å². The molecule has 0 aliphatic carbocycles. The maximum Gasteiger partial charge on any atom is 0.135 e. The Morgan fingerprint density at radius 2 is 1.50 bits per heavy atom. The van der Waals surface area contributed by atoms with Crippen LogP contribution < -0.4 is 0 Å². The van der Waals surface area contributed by atoms with E-state index in [4.69, 9.17) is 0 Å². The van der Waals surface area contributed by atoms with Gasteiger partial charge in [0.25, 0.3) is 0 Å². The van der Waals surface area contributed by atoms with Gasteiger partial charge in [0.2, 0.25) is 0 Å². The van der Waals surface area contributed by atoms with Crippen molar-refractivity contribution in [1.82, 2.24) is 0 Å². The van der Waals surface area contributed by atoms with Crippen molar-refractivity contribution in [3.8, 4) is 0 Å². The standard InChI is InChI=1S/C6H11Br3O/c1-5(2,10)3-4-6(7,8)9/h10H,3-4H2,1-2H3. The second kappa shape index (κ2) is 3.87. The molecule has 1 nitrogen and oxygen atoms in total. The van der Waals surface area contributed by atoms with Gasteiger partial charge >= 0.3 is 0 Å². The Balaban J connectivity index is 3.56. The molecule has 62 valence electrons. The molecule has 0 saturated heterocycles. The molecule has 0 atom stereocenters. The Morgan fingerprint density at radius 1 is 1.10 bits per heavy atom. The van der Waals surface area contributed by atoms with Crippen molar-refractivity contribution < 1.29 is 5.11 Å². The van der Waals surface area contributed by atoms with Crippen LogP contribution in [0.5, 0.6) is 0 Å². The summed E-state index contributed by atoms with van der Waals surface area (Å²) >= 11 is 10.1. The van der Waals surface area contributed by atoms with Gasteiger partial charge in [0.15, 0.2) is 0 Å². The Bertz CT molecular complexity index is 86.5. The van der Waals surface area contributed by atoms with E-state index in [0.29, 0.717) is 0 Å². The summed E-state index contributed by atoms with van der Waals surface area (Å²) in [6.07, 6.45) is 1.57. The zero-order valence-corrected chi connectivity index (χ0v) is 10.8. The quantitative estimate of drug-likeness (QED) is 0.765. The van der Waals surface area contributed by atoms with E-state index in [1.807, 2.05) is 0 Å². The highest BCUT2D eigenvalue weighted by Crippen LogP contribution is 2.39. The van der Waals surface area contributed by atoms with Crippen LogP contribution in [0.2, 0.25) is 0 Å². The largest absolute Gasteiger partial charge is 0.390 e. The molecule has 0 amide bonds. The van der Waals surface area contributed by atoms with Gasteiger partial charge in [-0.2, -0.15) is 0 Å². The van der Waals surface area contributed by atoms with Crippen molar-refractivity contribution in [3.63, 3.8) is 0 Å². The van der Waals surface area contributed by atoms with Crippen LogP contribution in [0.3, 0.4) is 0 Å². The summed E-state index contributed by atoms with van der Waals surface area (Å²) in [7, 11) is 0. The number of halogens is 3. The minimum atomic E-state index is -0.583. The first-order valence-corrected chi connectivity index (χ1v) is 5.38. The lowest BCUT2D eigenvalue weighted by atomic mass is 10.0. The van der Waals surface area contributed by atoms with Crippen LogP contribution in [0.4, 0.5) is 0 Å². The third-order valence-corrected chi connectivity index (χ3v) is 2.21. The second-order valence-electron chi connectivity index (χ2n) is 2.93. The van der Waals surface area contributed by atoms with Crippen LogP contribution in [-0.2, 0) is 0 Å². The topological polar surface area (TPSA) is 20.2 Å². The van der Waals surface area contributed by atoms with Crippen molar-refractivity contribution in [3.05, 3.63) is 0 Å². The first-order chi connectivity index (χ1) is 4.21. The molecule has 0 aromatic heterocycles. The molecule has 0 radical (unpaired) electrons. The highest BCUT2D eigenvalue weighted by molar-refractivity contribution is 9.39. The van der Waals surface area contributed by atoms with Crippen LogP contribution >= 0.6 is 47.8 Å². The Labute approximate surface area is 87.0 Å². The molecule has 0 fully saturated rings. The zero-order valence-electron chi connectivity index (χ0n) is 6.00. The first kappa shape index (κ1) is 11.4. The fraction of sp³-hybridized carbons (Fsp3) is 1.00. The second-order valence-corrected chi connectivity index (χ2v) is 10.2.